The molecule has 0 unspecified atom stereocenters. The Balaban J connectivity index is 1.81. The largest absolute Gasteiger partial charge is 0.392 e. The molecule has 0 aromatic carbocycles. The van der Waals surface area contributed by atoms with Gasteiger partial charge >= 0.3 is 0 Å². The topological polar surface area (TPSA) is 75.1 Å². The van der Waals surface area contributed by atoms with Crippen molar-refractivity contribution in [2.45, 2.75) is 32.3 Å². The molecular weight excluding hydrogens is 266 g/mol. The number of nitrogens with one attached hydrogen (secondary N) is 1. The molecule has 1 fully saturated rings. The summed E-state index contributed by atoms with van der Waals surface area (Å²) in [5.41, 5.74) is 2.91. The molecule has 0 saturated heterocycles. The van der Waals surface area contributed by atoms with Crippen molar-refractivity contribution in [1.82, 2.24) is 9.97 Å². The Hall–Kier alpha value is -2.27. The summed E-state index contributed by atoms with van der Waals surface area (Å²) in [7, 11) is 0. The number of rotatable bonds is 4. The summed E-state index contributed by atoms with van der Waals surface area (Å²) in [6.45, 7) is 1.67. The molecule has 2 aromatic rings. The first-order chi connectivity index (χ1) is 10.2. The summed E-state index contributed by atoms with van der Waals surface area (Å²) in [6, 6.07) is 7.18. The molecule has 2 heterocycles. The fourth-order valence-electron chi connectivity index (χ4n) is 2.28. The van der Waals surface area contributed by atoms with Crippen LogP contribution >= 0.6 is 0 Å². The first kappa shape index (κ1) is 13.7. The Kier molecular flexibility index (Phi) is 3.66. The number of aromatic nitrogens is 2. The molecule has 2 N–H and O–H groups in total. The maximum absolute atomic E-state index is 12.3. The minimum absolute atomic E-state index is 0.165. The van der Waals surface area contributed by atoms with Gasteiger partial charge in [0.05, 0.1) is 17.9 Å². The molecular formula is C16H17N3O2. The maximum Gasteiger partial charge on any atom is 0.258 e. The van der Waals surface area contributed by atoms with Crippen LogP contribution in [0.5, 0.6) is 0 Å². The van der Waals surface area contributed by atoms with E-state index in [1.807, 2.05) is 19.1 Å². The molecule has 2 aromatic heterocycles. The van der Waals surface area contributed by atoms with Gasteiger partial charge in [-0.2, -0.15) is 0 Å². The minimum Gasteiger partial charge on any atom is -0.392 e. The molecule has 1 saturated carbocycles. The van der Waals surface area contributed by atoms with Crippen molar-refractivity contribution >= 4 is 11.7 Å². The van der Waals surface area contributed by atoms with Crippen LogP contribution in [0.1, 0.15) is 46.1 Å². The lowest BCUT2D eigenvalue weighted by atomic mass is 10.1. The molecule has 1 amide bonds. The van der Waals surface area contributed by atoms with Crippen LogP contribution in [0.4, 0.5) is 5.82 Å². The number of nitrogens with zero attached hydrogens (tertiary/aromatic N) is 2. The number of carbonyl (C=O) groups is 1. The van der Waals surface area contributed by atoms with Crippen molar-refractivity contribution in [3.63, 3.8) is 0 Å². The Morgan fingerprint density at radius 3 is 2.86 bits per heavy atom. The lowest BCUT2D eigenvalue weighted by Crippen LogP contribution is -2.16. The zero-order valence-corrected chi connectivity index (χ0v) is 11.8. The molecule has 1 aliphatic carbocycles. The molecule has 0 radical (unpaired) electrons. The third-order valence-electron chi connectivity index (χ3n) is 3.64. The van der Waals surface area contributed by atoms with E-state index in [1.165, 1.54) is 12.8 Å². The average molecular weight is 283 g/mol. The van der Waals surface area contributed by atoms with E-state index in [4.69, 9.17) is 0 Å². The SMILES string of the molecule is Cc1nc(C2CC2)ccc1C(=O)Nc1ncccc1CO. The van der Waals surface area contributed by atoms with Gasteiger partial charge in [0.2, 0.25) is 0 Å². The highest BCUT2D eigenvalue weighted by atomic mass is 16.3. The van der Waals surface area contributed by atoms with Crippen LogP contribution < -0.4 is 5.32 Å². The van der Waals surface area contributed by atoms with Gasteiger partial charge in [-0.15, -0.1) is 0 Å². The van der Waals surface area contributed by atoms with Gasteiger partial charge in [-0.05, 0) is 38.0 Å². The molecule has 0 atom stereocenters. The van der Waals surface area contributed by atoms with Gasteiger partial charge in [-0.3, -0.25) is 9.78 Å². The predicted molar refractivity (Wildman–Crippen MR) is 79.1 cm³/mol. The number of hydrogen-bond acceptors (Lipinski definition) is 4. The zero-order chi connectivity index (χ0) is 14.8. The number of pyridine rings is 2. The third kappa shape index (κ3) is 2.92. The summed E-state index contributed by atoms with van der Waals surface area (Å²) in [4.78, 5) is 20.9. The van der Waals surface area contributed by atoms with Crippen LogP contribution in [0.2, 0.25) is 0 Å². The Morgan fingerprint density at radius 1 is 1.38 bits per heavy atom. The highest BCUT2D eigenvalue weighted by Crippen LogP contribution is 2.39. The Bertz CT molecular complexity index is 681. The van der Waals surface area contributed by atoms with E-state index < -0.39 is 0 Å². The lowest BCUT2D eigenvalue weighted by Gasteiger charge is -2.10. The van der Waals surface area contributed by atoms with Gasteiger partial charge in [0, 0.05) is 23.4 Å². The van der Waals surface area contributed by atoms with Gasteiger partial charge in [0.1, 0.15) is 5.82 Å². The minimum atomic E-state index is -0.254. The Labute approximate surface area is 123 Å². The van der Waals surface area contributed by atoms with Crippen LogP contribution in [0.15, 0.2) is 30.5 Å². The second-order valence-corrected chi connectivity index (χ2v) is 5.27. The molecule has 0 spiro atoms. The zero-order valence-electron chi connectivity index (χ0n) is 11.8. The fraction of sp³-hybridized carbons (Fsp3) is 0.312. The van der Waals surface area contributed by atoms with E-state index in [0.29, 0.717) is 22.9 Å². The monoisotopic (exact) mass is 283 g/mol. The number of aliphatic hydroxyl groups is 1. The number of aryl methyl sites for hydroxylation is 1. The normalized spacial score (nSPS) is 14.0. The van der Waals surface area contributed by atoms with Gasteiger partial charge < -0.3 is 10.4 Å². The van der Waals surface area contributed by atoms with E-state index in [9.17, 15) is 9.90 Å². The molecule has 0 aliphatic heterocycles. The van der Waals surface area contributed by atoms with Crippen molar-refractivity contribution < 1.29 is 9.90 Å². The van der Waals surface area contributed by atoms with Crippen molar-refractivity contribution in [3.8, 4) is 0 Å². The van der Waals surface area contributed by atoms with Crippen LogP contribution in [0.3, 0.4) is 0 Å². The summed E-state index contributed by atoms with van der Waals surface area (Å²) in [5.74, 6) is 0.698. The summed E-state index contributed by atoms with van der Waals surface area (Å²) >= 11 is 0. The number of anilines is 1. The van der Waals surface area contributed by atoms with Crippen LogP contribution in [-0.4, -0.2) is 21.0 Å². The highest BCUT2D eigenvalue weighted by molar-refractivity contribution is 6.04. The van der Waals surface area contributed by atoms with Crippen LogP contribution in [0.25, 0.3) is 0 Å². The van der Waals surface area contributed by atoms with E-state index in [1.54, 1.807) is 18.3 Å². The third-order valence-corrected chi connectivity index (χ3v) is 3.64. The summed E-state index contributed by atoms with van der Waals surface area (Å²) < 4.78 is 0. The number of amides is 1. The molecule has 0 bridgehead atoms. The molecule has 108 valence electrons. The van der Waals surface area contributed by atoms with Crippen LogP contribution in [-0.2, 0) is 6.61 Å². The number of aliphatic hydroxyl groups excluding tert-OH is 1. The summed E-state index contributed by atoms with van der Waals surface area (Å²) in [5, 5.41) is 12.0. The first-order valence-electron chi connectivity index (χ1n) is 7.02. The standard InChI is InChI=1S/C16H17N3O2/c1-10-13(6-7-14(18-10)11-4-5-11)16(21)19-15-12(9-20)3-2-8-17-15/h2-3,6-8,11,20H,4-5,9H2,1H3,(H,17,19,21). The highest BCUT2D eigenvalue weighted by Gasteiger charge is 2.25. The Morgan fingerprint density at radius 2 is 2.19 bits per heavy atom. The van der Waals surface area contributed by atoms with E-state index in [-0.39, 0.29) is 12.5 Å². The second-order valence-electron chi connectivity index (χ2n) is 5.27. The first-order valence-corrected chi connectivity index (χ1v) is 7.02. The van der Waals surface area contributed by atoms with Gasteiger partial charge in [0.15, 0.2) is 0 Å². The quantitative estimate of drug-likeness (QED) is 0.903. The molecule has 5 heteroatoms. The van der Waals surface area contributed by atoms with E-state index >= 15 is 0 Å². The summed E-state index contributed by atoms with van der Waals surface area (Å²) in [6.07, 6.45) is 3.95. The molecule has 3 rings (SSSR count). The van der Waals surface area contributed by atoms with Gasteiger partial charge in [-0.25, -0.2) is 4.98 Å². The van der Waals surface area contributed by atoms with Gasteiger partial charge in [-0.1, -0.05) is 6.07 Å². The lowest BCUT2D eigenvalue weighted by molar-refractivity contribution is 0.102. The molecule has 5 nitrogen and oxygen atoms in total. The van der Waals surface area contributed by atoms with Crippen LogP contribution in [0, 0.1) is 6.92 Å². The van der Waals surface area contributed by atoms with Gasteiger partial charge in [0.25, 0.3) is 5.91 Å². The van der Waals surface area contributed by atoms with Crippen molar-refractivity contribution in [2.24, 2.45) is 0 Å². The maximum atomic E-state index is 12.3. The van der Waals surface area contributed by atoms with E-state index in [0.717, 1.165) is 11.4 Å². The predicted octanol–water partition coefficient (Wildman–Crippen LogP) is 2.41. The smallest absolute Gasteiger partial charge is 0.258 e. The van der Waals surface area contributed by atoms with Crippen molar-refractivity contribution in [2.75, 3.05) is 5.32 Å². The average Bonchev–Trinajstić information content (AvgIpc) is 3.32. The van der Waals surface area contributed by atoms with E-state index in [2.05, 4.69) is 15.3 Å². The number of carbonyl (C=O) groups excluding carboxylic acids is 1. The molecule has 1 aliphatic rings. The fourth-order valence-corrected chi connectivity index (χ4v) is 2.28. The number of hydrogen-bond donors (Lipinski definition) is 2. The van der Waals surface area contributed by atoms with Crippen molar-refractivity contribution in [1.29, 1.82) is 0 Å². The second kappa shape index (κ2) is 5.61. The van der Waals surface area contributed by atoms with Crippen molar-refractivity contribution in [3.05, 3.63) is 53.0 Å². The molecule has 21 heavy (non-hydrogen) atoms.